The van der Waals surface area contributed by atoms with Crippen LogP contribution in [-0.4, -0.2) is 19.6 Å². The van der Waals surface area contributed by atoms with Crippen LogP contribution in [0.15, 0.2) is 60.9 Å². The first-order valence-corrected chi connectivity index (χ1v) is 8.62. The van der Waals surface area contributed by atoms with Crippen LogP contribution in [0.3, 0.4) is 0 Å². The van der Waals surface area contributed by atoms with Gasteiger partial charge in [0.05, 0.1) is 11.1 Å². The molecule has 2 heterocycles. The van der Waals surface area contributed by atoms with Gasteiger partial charge in [-0.25, -0.2) is 9.97 Å². The number of hydrogen-bond acceptors (Lipinski definition) is 4. The van der Waals surface area contributed by atoms with Crippen molar-refractivity contribution in [2.45, 2.75) is 13.3 Å². The lowest BCUT2D eigenvalue weighted by Crippen LogP contribution is -1.99. The molecule has 5 nitrogen and oxygen atoms in total. The zero-order chi connectivity index (χ0) is 18.1. The van der Waals surface area contributed by atoms with E-state index in [-0.39, 0.29) is 5.75 Å². The Morgan fingerprint density at radius 3 is 2.58 bits per heavy atom. The van der Waals surface area contributed by atoms with Gasteiger partial charge in [0.25, 0.3) is 0 Å². The molecule has 2 N–H and O–H groups in total. The van der Waals surface area contributed by atoms with Gasteiger partial charge in [-0.1, -0.05) is 25.1 Å². The van der Waals surface area contributed by atoms with Crippen LogP contribution in [0.5, 0.6) is 5.75 Å². The van der Waals surface area contributed by atoms with E-state index in [9.17, 15) is 5.11 Å². The molecule has 0 aliphatic rings. The molecule has 0 fully saturated rings. The molecule has 0 saturated carbocycles. The Bertz CT molecular complexity index is 1070. The summed E-state index contributed by atoms with van der Waals surface area (Å²) in [5.74, 6) is 1.04. The molecule has 0 spiro atoms. The van der Waals surface area contributed by atoms with E-state index in [1.807, 2.05) is 35.9 Å². The maximum Gasteiger partial charge on any atom is 0.145 e. The highest BCUT2D eigenvalue weighted by molar-refractivity contribution is 5.93. The first-order valence-electron chi connectivity index (χ1n) is 8.62. The second kappa shape index (κ2) is 6.52. The highest BCUT2D eigenvalue weighted by atomic mass is 16.3. The van der Waals surface area contributed by atoms with Gasteiger partial charge in [-0.05, 0) is 53.9 Å². The average Bonchev–Trinajstić information content (AvgIpc) is 3.01. The van der Waals surface area contributed by atoms with E-state index >= 15 is 0 Å². The molecule has 0 radical (unpaired) electrons. The summed E-state index contributed by atoms with van der Waals surface area (Å²) in [6, 6.07) is 17.5. The van der Waals surface area contributed by atoms with E-state index in [4.69, 9.17) is 0 Å². The number of aromatic nitrogens is 3. The predicted molar refractivity (Wildman–Crippen MR) is 105 cm³/mol. The van der Waals surface area contributed by atoms with Gasteiger partial charge in [0.1, 0.15) is 23.5 Å². The lowest BCUT2D eigenvalue weighted by atomic mass is 10.1. The van der Waals surface area contributed by atoms with Crippen molar-refractivity contribution in [2.75, 3.05) is 5.32 Å². The van der Waals surface area contributed by atoms with E-state index in [1.165, 1.54) is 5.56 Å². The van der Waals surface area contributed by atoms with E-state index in [0.717, 1.165) is 40.2 Å². The number of para-hydroxylation sites is 1. The van der Waals surface area contributed by atoms with Crippen LogP contribution in [0.25, 0.3) is 22.3 Å². The minimum atomic E-state index is 0.255. The number of phenols is 1. The number of fused-ring (bicyclic) bond motifs is 1. The van der Waals surface area contributed by atoms with Gasteiger partial charge in [0.15, 0.2) is 0 Å². The molecule has 0 unspecified atom stereocenters. The highest BCUT2D eigenvalue weighted by Crippen LogP contribution is 2.32. The fourth-order valence-corrected chi connectivity index (χ4v) is 3.22. The van der Waals surface area contributed by atoms with E-state index in [2.05, 4.69) is 40.4 Å². The Morgan fingerprint density at radius 2 is 1.81 bits per heavy atom. The Morgan fingerprint density at radius 1 is 1.04 bits per heavy atom. The molecule has 0 atom stereocenters. The van der Waals surface area contributed by atoms with Gasteiger partial charge < -0.3 is 15.0 Å². The second-order valence-corrected chi connectivity index (χ2v) is 6.23. The van der Waals surface area contributed by atoms with Crippen molar-refractivity contribution < 1.29 is 5.11 Å². The third kappa shape index (κ3) is 2.77. The third-order valence-electron chi connectivity index (χ3n) is 4.64. The fraction of sp³-hybridized carbons (Fsp3) is 0.143. The van der Waals surface area contributed by atoms with Crippen LogP contribution in [-0.2, 0) is 13.5 Å². The fourth-order valence-electron chi connectivity index (χ4n) is 3.22. The number of nitrogens with one attached hydrogen (secondary N) is 1. The van der Waals surface area contributed by atoms with Crippen molar-refractivity contribution in [2.24, 2.45) is 7.05 Å². The molecule has 130 valence electrons. The molecule has 0 bridgehead atoms. The average molecular weight is 344 g/mol. The van der Waals surface area contributed by atoms with Crippen LogP contribution in [0.4, 0.5) is 11.5 Å². The number of anilines is 2. The summed E-state index contributed by atoms with van der Waals surface area (Å²) in [7, 11) is 1.99. The molecule has 0 aliphatic heterocycles. The van der Waals surface area contributed by atoms with Gasteiger partial charge in [0.2, 0.25) is 0 Å². The summed E-state index contributed by atoms with van der Waals surface area (Å²) >= 11 is 0. The minimum Gasteiger partial charge on any atom is -0.508 e. The number of aryl methyl sites for hydroxylation is 2. The molecule has 0 amide bonds. The van der Waals surface area contributed by atoms with E-state index < -0.39 is 0 Å². The van der Waals surface area contributed by atoms with Crippen molar-refractivity contribution >= 4 is 22.5 Å². The molecule has 0 saturated heterocycles. The van der Waals surface area contributed by atoms with Crippen LogP contribution >= 0.6 is 0 Å². The number of hydrogen-bond donors (Lipinski definition) is 2. The molecule has 2 aromatic heterocycles. The number of phenolic OH excluding ortho intramolecular Hbond substituents is 1. The summed E-state index contributed by atoms with van der Waals surface area (Å²) in [4.78, 5) is 8.92. The molecule has 5 heteroatoms. The molecule has 0 aliphatic carbocycles. The quantitative estimate of drug-likeness (QED) is 0.566. The summed E-state index contributed by atoms with van der Waals surface area (Å²) in [6.07, 6.45) is 2.53. The van der Waals surface area contributed by atoms with Crippen LogP contribution < -0.4 is 5.32 Å². The standard InChI is InChI=1S/C21H20N4O/c1-3-14-6-4-5-7-18(14)24-20-17-12-19(15-8-10-16(26)11-9-15)25(2)21(17)23-13-22-20/h4-13,26H,3H2,1-2H3,(H,22,23,24). The summed E-state index contributed by atoms with van der Waals surface area (Å²) in [5.41, 5.74) is 5.20. The Balaban J connectivity index is 1.82. The SMILES string of the molecule is CCc1ccccc1Nc1ncnc2c1cc(-c1ccc(O)cc1)n2C. The monoisotopic (exact) mass is 344 g/mol. The normalized spacial score (nSPS) is 11.0. The van der Waals surface area contributed by atoms with Crippen LogP contribution in [0.2, 0.25) is 0 Å². The zero-order valence-corrected chi connectivity index (χ0v) is 14.8. The Kier molecular flexibility index (Phi) is 4.05. The summed E-state index contributed by atoms with van der Waals surface area (Å²) in [6.45, 7) is 2.14. The summed E-state index contributed by atoms with van der Waals surface area (Å²) in [5, 5.41) is 14.0. The van der Waals surface area contributed by atoms with Crippen LogP contribution in [0, 0.1) is 0 Å². The maximum atomic E-state index is 9.53. The summed E-state index contributed by atoms with van der Waals surface area (Å²) < 4.78 is 2.04. The van der Waals surface area contributed by atoms with Crippen molar-refractivity contribution in [3.63, 3.8) is 0 Å². The molecule has 2 aromatic carbocycles. The van der Waals surface area contributed by atoms with Crippen molar-refractivity contribution in [1.29, 1.82) is 0 Å². The molecule has 4 aromatic rings. The van der Waals surface area contributed by atoms with Gasteiger partial charge in [0, 0.05) is 12.7 Å². The first-order chi connectivity index (χ1) is 12.7. The lowest BCUT2D eigenvalue weighted by molar-refractivity contribution is 0.475. The van der Waals surface area contributed by atoms with Gasteiger partial charge >= 0.3 is 0 Å². The maximum absolute atomic E-state index is 9.53. The van der Waals surface area contributed by atoms with Crippen molar-refractivity contribution in [3.8, 4) is 17.0 Å². The molecule has 4 rings (SSSR count). The Hall–Kier alpha value is -3.34. The van der Waals surface area contributed by atoms with E-state index in [0.29, 0.717) is 0 Å². The van der Waals surface area contributed by atoms with Crippen molar-refractivity contribution in [1.82, 2.24) is 14.5 Å². The molecule has 26 heavy (non-hydrogen) atoms. The topological polar surface area (TPSA) is 63.0 Å². The first kappa shape index (κ1) is 16.1. The Labute approximate surface area is 152 Å². The molecular weight excluding hydrogens is 324 g/mol. The lowest BCUT2D eigenvalue weighted by Gasteiger charge is -2.10. The highest BCUT2D eigenvalue weighted by Gasteiger charge is 2.14. The zero-order valence-electron chi connectivity index (χ0n) is 14.8. The number of benzene rings is 2. The minimum absolute atomic E-state index is 0.255. The van der Waals surface area contributed by atoms with Gasteiger partial charge in [-0.2, -0.15) is 0 Å². The van der Waals surface area contributed by atoms with Gasteiger partial charge in [-0.15, -0.1) is 0 Å². The third-order valence-corrected chi connectivity index (χ3v) is 4.64. The van der Waals surface area contributed by atoms with Crippen molar-refractivity contribution in [3.05, 3.63) is 66.5 Å². The number of aromatic hydroxyl groups is 1. The smallest absolute Gasteiger partial charge is 0.145 e. The number of rotatable bonds is 4. The largest absolute Gasteiger partial charge is 0.508 e. The van der Waals surface area contributed by atoms with Gasteiger partial charge in [-0.3, -0.25) is 0 Å². The van der Waals surface area contributed by atoms with Crippen LogP contribution in [0.1, 0.15) is 12.5 Å². The number of nitrogens with zero attached hydrogens (tertiary/aromatic N) is 3. The van der Waals surface area contributed by atoms with E-state index in [1.54, 1.807) is 18.5 Å². The second-order valence-electron chi connectivity index (χ2n) is 6.23. The molecular formula is C21H20N4O. The predicted octanol–water partition coefficient (Wildman–Crippen LogP) is 4.65.